The zero-order chi connectivity index (χ0) is 17.4. The number of ether oxygens (including phenoxy) is 1. The maximum atomic E-state index is 13.6. The van der Waals surface area contributed by atoms with Crippen molar-refractivity contribution in [1.82, 2.24) is 10.2 Å². The Bertz CT molecular complexity index is 568. The third-order valence-electron chi connectivity index (χ3n) is 3.90. The number of benzene rings is 1. The van der Waals surface area contributed by atoms with Crippen LogP contribution >= 0.6 is 0 Å². The number of carbonyl (C=O) groups excluding carboxylic acids is 2. The van der Waals surface area contributed by atoms with Gasteiger partial charge in [-0.2, -0.15) is 0 Å². The highest BCUT2D eigenvalue weighted by Gasteiger charge is 2.34. The predicted molar refractivity (Wildman–Crippen MR) is 89.3 cm³/mol. The van der Waals surface area contributed by atoms with Gasteiger partial charge in [0.1, 0.15) is 11.9 Å². The van der Waals surface area contributed by atoms with Crippen LogP contribution in [0.1, 0.15) is 26.2 Å². The van der Waals surface area contributed by atoms with E-state index in [1.807, 2.05) is 6.92 Å². The Labute approximate surface area is 141 Å². The van der Waals surface area contributed by atoms with Crippen LogP contribution in [0.4, 0.5) is 14.9 Å². The van der Waals surface area contributed by atoms with E-state index in [4.69, 9.17) is 4.74 Å². The summed E-state index contributed by atoms with van der Waals surface area (Å²) in [5.41, 5.74) is 0.116. The Morgan fingerprint density at radius 3 is 2.92 bits per heavy atom. The second kappa shape index (κ2) is 9.22. The van der Waals surface area contributed by atoms with E-state index in [9.17, 15) is 14.0 Å². The highest BCUT2D eigenvalue weighted by atomic mass is 19.1. The van der Waals surface area contributed by atoms with Crippen LogP contribution in [-0.4, -0.2) is 49.2 Å². The summed E-state index contributed by atoms with van der Waals surface area (Å²) in [6.07, 6.45) is 2.09. The second-order valence-corrected chi connectivity index (χ2v) is 5.60. The lowest BCUT2D eigenvalue weighted by Gasteiger charge is -2.24. The average molecular weight is 337 g/mol. The van der Waals surface area contributed by atoms with E-state index in [1.165, 1.54) is 17.0 Å². The first-order chi connectivity index (χ1) is 11.6. The molecule has 24 heavy (non-hydrogen) atoms. The number of hydrogen-bond donors (Lipinski definition) is 2. The fourth-order valence-electron chi connectivity index (χ4n) is 2.68. The van der Waals surface area contributed by atoms with Crippen molar-refractivity contribution in [1.29, 1.82) is 0 Å². The molecule has 1 heterocycles. The summed E-state index contributed by atoms with van der Waals surface area (Å²) in [6, 6.07) is 5.01. The van der Waals surface area contributed by atoms with Gasteiger partial charge >= 0.3 is 6.03 Å². The van der Waals surface area contributed by atoms with Gasteiger partial charge in [-0.15, -0.1) is 0 Å². The van der Waals surface area contributed by atoms with E-state index in [2.05, 4.69) is 10.6 Å². The van der Waals surface area contributed by atoms with Gasteiger partial charge in [0.05, 0.1) is 5.69 Å². The fraction of sp³-hybridized carbons (Fsp3) is 0.529. The molecule has 1 aromatic carbocycles. The number of halogens is 1. The Morgan fingerprint density at radius 1 is 1.38 bits per heavy atom. The molecule has 1 aromatic rings. The molecule has 1 fully saturated rings. The normalized spacial score (nSPS) is 16.9. The van der Waals surface area contributed by atoms with Crippen LogP contribution in [0.25, 0.3) is 0 Å². The lowest BCUT2D eigenvalue weighted by atomic mass is 10.2. The fourth-order valence-corrected chi connectivity index (χ4v) is 2.68. The Morgan fingerprint density at radius 2 is 2.17 bits per heavy atom. The summed E-state index contributed by atoms with van der Waals surface area (Å²) < 4.78 is 18.9. The van der Waals surface area contributed by atoms with Crippen LogP contribution in [-0.2, 0) is 9.53 Å². The summed E-state index contributed by atoms with van der Waals surface area (Å²) in [6.45, 7) is 4.16. The molecule has 2 rings (SSSR count). The zero-order valence-corrected chi connectivity index (χ0v) is 13.9. The smallest absolute Gasteiger partial charge is 0.322 e. The van der Waals surface area contributed by atoms with E-state index in [0.717, 1.165) is 12.8 Å². The van der Waals surface area contributed by atoms with Crippen molar-refractivity contribution in [2.24, 2.45) is 0 Å². The minimum absolute atomic E-state index is 0.116. The van der Waals surface area contributed by atoms with E-state index in [0.29, 0.717) is 32.7 Å². The lowest BCUT2D eigenvalue weighted by Crippen LogP contribution is -2.47. The number of rotatable bonds is 7. The zero-order valence-electron chi connectivity index (χ0n) is 13.9. The van der Waals surface area contributed by atoms with Gasteiger partial charge in [0.15, 0.2) is 0 Å². The monoisotopic (exact) mass is 337 g/mol. The number of carbonyl (C=O) groups is 2. The molecule has 2 N–H and O–H groups in total. The van der Waals surface area contributed by atoms with E-state index in [-0.39, 0.29) is 11.6 Å². The highest BCUT2D eigenvalue weighted by Crippen LogP contribution is 2.20. The van der Waals surface area contributed by atoms with Gasteiger partial charge in [0.25, 0.3) is 0 Å². The number of anilines is 1. The van der Waals surface area contributed by atoms with Crippen molar-refractivity contribution in [3.8, 4) is 0 Å². The summed E-state index contributed by atoms with van der Waals surface area (Å²) >= 11 is 0. The molecule has 7 heteroatoms. The topological polar surface area (TPSA) is 70.7 Å². The minimum atomic E-state index is -0.510. The molecule has 0 aromatic heterocycles. The molecule has 1 unspecified atom stereocenters. The van der Waals surface area contributed by atoms with Crippen molar-refractivity contribution < 1.29 is 18.7 Å². The molecule has 0 aliphatic carbocycles. The van der Waals surface area contributed by atoms with Crippen LogP contribution in [0.5, 0.6) is 0 Å². The third-order valence-corrected chi connectivity index (χ3v) is 3.90. The van der Waals surface area contributed by atoms with E-state index in [1.54, 1.807) is 12.1 Å². The van der Waals surface area contributed by atoms with Gasteiger partial charge < -0.3 is 20.3 Å². The van der Waals surface area contributed by atoms with E-state index >= 15 is 0 Å². The molecule has 0 radical (unpaired) electrons. The summed E-state index contributed by atoms with van der Waals surface area (Å²) in [5.74, 6) is -0.672. The molecule has 1 atom stereocenters. The maximum Gasteiger partial charge on any atom is 0.322 e. The van der Waals surface area contributed by atoms with Crippen LogP contribution in [0, 0.1) is 5.82 Å². The van der Waals surface area contributed by atoms with Crippen molar-refractivity contribution in [3.05, 3.63) is 30.1 Å². The molecule has 0 bridgehead atoms. The standard InChI is InChI=1S/C17H24FN3O3/c1-2-24-12-6-10-19-16(22)15-9-5-11-21(15)17(23)20-14-8-4-3-7-13(14)18/h3-4,7-8,15H,2,5-6,9-12H2,1H3,(H,19,22)(H,20,23). The summed E-state index contributed by atoms with van der Waals surface area (Å²) in [5, 5.41) is 5.36. The quantitative estimate of drug-likeness (QED) is 0.751. The van der Waals surface area contributed by atoms with E-state index < -0.39 is 17.9 Å². The van der Waals surface area contributed by atoms with Crippen molar-refractivity contribution >= 4 is 17.6 Å². The van der Waals surface area contributed by atoms with Crippen LogP contribution < -0.4 is 10.6 Å². The van der Waals surface area contributed by atoms with Crippen LogP contribution in [0.3, 0.4) is 0 Å². The van der Waals surface area contributed by atoms with Gasteiger partial charge in [0.2, 0.25) is 5.91 Å². The number of nitrogens with one attached hydrogen (secondary N) is 2. The Hall–Kier alpha value is -2.15. The number of nitrogens with zero attached hydrogens (tertiary/aromatic N) is 1. The highest BCUT2D eigenvalue weighted by molar-refractivity contribution is 5.94. The Balaban J connectivity index is 1.86. The predicted octanol–water partition coefficient (Wildman–Crippen LogP) is 2.36. The molecular weight excluding hydrogens is 313 g/mol. The lowest BCUT2D eigenvalue weighted by molar-refractivity contribution is -0.124. The number of urea groups is 1. The molecular formula is C17H24FN3O3. The van der Waals surface area contributed by atoms with Gasteiger partial charge in [-0.25, -0.2) is 9.18 Å². The minimum Gasteiger partial charge on any atom is -0.382 e. The first-order valence-electron chi connectivity index (χ1n) is 8.31. The summed E-state index contributed by atoms with van der Waals surface area (Å²) in [7, 11) is 0. The molecule has 0 saturated carbocycles. The van der Waals surface area contributed by atoms with Gasteiger partial charge in [-0.05, 0) is 38.3 Å². The molecule has 1 saturated heterocycles. The number of amides is 3. The van der Waals surface area contributed by atoms with Gasteiger partial charge in [-0.1, -0.05) is 12.1 Å². The van der Waals surface area contributed by atoms with Crippen molar-refractivity contribution in [2.75, 3.05) is 31.6 Å². The first-order valence-corrected chi connectivity index (χ1v) is 8.31. The maximum absolute atomic E-state index is 13.6. The molecule has 6 nitrogen and oxygen atoms in total. The molecule has 1 aliphatic heterocycles. The molecule has 0 spiro atoms. The van der Waals surface area contributed by atoms with Crippen LogP contribution in [0.15, 0.2) is 24.3 Å². The average Bonchev–Trinajstić information content (AvgIpc) is 3.06. The first kappa shape index (κ1) is 18.2. The van der Waals surface area contributed by atoms with Gasteiger partial charge in [0, 0.05) is 26.3 Å². The number of hydrogen-bond acceptors (Lipinski definition) is 3. The Kier molecular flexibility index (Phi) is 6.99. The SMILES string of the molecule is CCOCCCNC(=O)C1CCCN1C(=O)Nc1ccccc1F. The molecule has 1 aliphatic rings. The van der Waals surface area contributed by atoms with Crippen molar-refractivity contribution in [2.45, 2.75) is 32.2 Å². The number of para-hydroxylation sites is 1. The van der Waals surface area contributed by atoms with Crippen LogP contribution in [0.2, 0.25) is 0 Å². The largest absolute Gasteiger partial charge is 0.382 e. The van der Waals surface area contributed by atoms with Gasteiger partial charge in [-0.3, -0.25) is 4.79 Å². The molecule has 132 valence electrons. The number of likely N-dealkylation sites (tertiary alicyclic amines) is 1. The van der Waals surface area contributed by atoms with Crippen molar-refractivity contribution in [3.63, 3.8) is 0 Å². The summed E-state index contributed by atoms with van der Waals surface area (Å²) in [4.78, 5) is 26.1. The molecule has 3 amide bonds. The second-order valence-electron chi connectivity index (χ2n) is 5.60. The third kappa shape index (κ3) is 4.92.